The van der Waals surface area contributed by atoms with Crippen LogP contribution in [-0.2, 0) is 0 Å². The van der Waals surface area contributed by atoms with Gasteiger partial charge >= 0.3 is 0 Å². The minimum Gasteiger partial charge on any atom is 0 e. The van der Waals surface area contributed by atoms with Crippen LogP contribution in [0.1, 0.15) is 0 Å². The highest BCUT2D eigenvalue weighted by Crippen LogP contribution is -0.380. The molecule has 0 spiro atoms. The second-order valence-corrected chi connectivity index (χ2v) is 0. The van der Waals surface area contributed by atoms with E-state index in [2.05, 4.69) is 0 Å². The maximum absolute atomic E-state index is 0. The Morgan fingerprint density at radius 2 is 0.500 bits per heavy atom. The molecule has 0 unspecified atom stereocenters. The van der Waals surface area contributed by atoms with E-state index >= 15 is 0 Å². The van der Waals surface area contributed by atoms with Gasteiger partial charge in [0.25, 0.3) is 0 Å². The van der Waals surface area contributed by atoms with Crippen LogP contribution in [0.2, 0.25) is 0 Å². The molecule has 16 valence electrons. The SMILES string of the molecule is [B].[B].[N].[N]. The summed E-state index contributed by atoms with van der Waals surface area (Å²) >= 11 is 0. The molecule has 0 aliphatic heterocycles. The van der Waals surface area contributed by atoms with Crippen LogP contribution in [0.15, 0.2) is 0 Å². The maximum atomic E-state index is 0. The molecule has 0 saturated carbocycles. The average Bonchev–Trinajstić information content (AvgIpc) is 0. The third-order valence-corrected chi connectivity index (χ3v) is 0. The molecule has 0 aromatic carbocycles. The van der Waals surface area contributed by atoms with Crippen molar-refractivity contribution in [2.75, 3.05) is 0 Å². The maximum Gasteiger partial charge on any atom is 0 e. The van der Waals surface area contributed by atoms with Gasteiger partial charge in [0.15, 0.2) is 0 Å². The van der Waals surface area contributed by atoms with Gasteiger partial charge in [-0.3, -0.25) is 0 Å². The molecule has 4 heteroatoms. The van der Waals surface area contributed by atoms with E-state index in [0.717, 1.165) is 0 Å². The van der Waals surface area contributed by atoms with E-state index in [1.54, 1.807) is 0 Å². The Morgan fingerprint density at radius 3 is 0.500 bits per heavy atom. The minimum absolute atomic E-state index is 0. The molecule has 0 aliphatic carbocycles. The number of hydrogen-bond acceptors (Lipinski definition) is 0. The van der Waals surface area contributed by atoms with Gasteiger partial charge in [-0.25, -0.2) is 0 Å². The lowest BCUT2D eigenvalue weighted by molar-refractivity contribution is 2.13. The van der Waals surface area contributed by atoms with Crippen molar-refractivity contribution < 1.29 is 0 Å². The highest BCUT2D eigenvalue weighted by Gasteiger charge is 0.00300. The van der Waals surface area contributed by atoms with Crippen molar-refractivity contribution in [2.45, 2.75) is 0 Å². The molecule has 12 radical (unpaired) electrons. The molecule has 0 aromatic rings. The standard InChI is InChI=1S/2B.2N. The van der Waals surface area contributed by atoms with E-state index in [9.17, 15) is 0 Å². The first-order valence-corrected chi connectivity index (χ1v) is 0. The number of rotatable bonds is 0. The molecule has 0 N–H and O–H groups in total. The Balaban J connectivity index is 0. The van der Waals surface area contributed by atoms with Crippen LogP contribution in [0.3, 0.4) is 0 Å². The van der Waals surface area contributed by atoms with Crippen molar-refractivity contribution in [3.8, 4) is 0 Å². The summed E-state index contributed by atoms with van der Waals surface area (Å²) in [7, 11) is 0. The van der Waals surface area contributed by atoms with Crippen molar-refractivity contribution in [2.24, 2.45) is 0 Å². The lowest BCUT2D eigenvalue weighted by atomic mass is 10.8. The molecular formula is B2N2. The predicted molar refractivity (Wildman–Crippen MR) is 15.8 cm³/mol. The molecule has 0 rings (SSSR count). The first-order valence-electron chi connectivity index (χ1n) is 0. The summed E-state index contributed by atoms with van der Waals surface area (Å²) in [5.41, 5.74) is 0. The second-order valence-electron chi connectivity index (χ2n) is 0. The molecule has 0 atom stereocenters. The van der Waals surface area contributed by atoms with Gasteiger partial charge in [-0.15, -0.1) is 0 Å². The molecule has 0 saturated heterocycles. The highest BCUT2D eigenvalue weighted by atomic mass is 14.0. The van der Waals surface area contributed by atoms with E-state index in [0.29, 0.717) is 0 Å². The Labute approximate surface area is 30.3 Å². The smallest absolute Gasteiger partial charge is 0 e. The van der Waals surface area contributed by atoms with Gasteiger partial charge in [-0.2, -0.15) is 0 Å². The second kappa shape index (κ2) is 5150. The van der Waals surface area contributed by atoms with Gasteiger partial charge in [0.1, 0.15) is 0 Å². The van der Waals surface area contributed by atoms with Gasteiger partial charge in [0.05, 0.1) is 0 Å². The van der Waals surface area contributed by atoms with E-state index in [1.807, 2.05) is 0 Å². The molecule has 0 fully saturated rings. The third-order valence-electron chi connectivity index (χ3n) is 0. The minimum atomic E-state index is 0. The zero-order valence-electron chi connectivity index (χ0n) is 2.05. The molecule has 4 heavy (non-hydrogen) atoms. The third kappa shape index (κ3) is 908. The van der Waals surface area contributed by atoms with Crippen LogP contribution < -0.4 is 12.3 Å². The summed E-state index contributed by atoms with van der Waals surface area (Å²) < 4.78 is 0. The zero-order valence-corrected chi connectivity index (χ0v) is 2.05. The average molecular weight is 49.6 g/mol. The van der Waals surface area contributed by atoms with Crippen molar-refractivity contribution in [1.29, 1.82) is 0 Å². The van der Waals surface area contributed by atoms with Gasteiger partial charge in [-0.05, 0) is 0 Å². The molecule has 0 amide bonds. The molecule has 0 heterocycles. The van der Waals surface area contributed by atoms with Crippen LogP contribution >= 0.6 is 0 Å². The molecule has 0 aliphatic rings. The molecule has 0 aromatic heterocycles. The van der Waals surface area contributed by atoms with E-state index in [1.165, 1.54) is 0 Å². The van der Waals surface area contributed by atoms with Crippen LogP contribution in [0.25, 0.3) is 0 Å². The van der Waals surface area contributed by atoms with Gasteiger partial charge < -0.3 is 0 Å². The van der Waals surface area contributed by atoms with Crippen LogP contribution in [-0.4, -0.2) is 16.8 Å². The summed E-state index contributed by atoms with van der Waals surface area (Å²) in [5.74, 6) is 0. The molecule has 0 bridgehead atoms. The predicted octanol–water partition coefficient (Wildman–Crippen LogP) is -1.72. The largest absolute Gasteiger partial charge is 0 e. The van der Waals surface area contributed by atoms with Gasteiger partial charge in [0.2, 0.25) is 0 Å². The Kier molecular flexibility index (Phi) is 19500000. The van der Waals surface area contributed by atoms with Crippen LogP contribution in [0, 0.1) is 0 Å². The lowest BCUT2D eigenvalue weighted by Crippen LogP contribution is -0.482. The van der Waals surface area contributed by atoms with Crippen LogP contribution in [0.5, 0.6) is 0 Å². The van der Waals surface area contributed by atoms with E-state index < -0.39 is 0 Å². The molecular weight excluding hydrogens is 49.6 g/mol. The van der Waals surface area contributed by atoms with Gasteiger partial charge in [-0.1, -0.05) is 0 Å². The topological polar surface area (TPSA) is 61.0 Å². The van der Waals surface area contributed by atoms with Crippen molar-refractivity contribution in [1.82, 2.24) is 12.3 Å². The quantitative estimate of drug-likeness (QED) is 0.293. The zero-order chi connectivity index (χ0) is 0. The first kappa shape index (κ1) is 15100. The van der Waals surface area contributed by atoms with E-state index in [4.69, 9.17) is 0 Å². The fourth-order valence-electron chi connectivity index (χ4n) is 0. The van der Waals surface area contributed by atoms with Crippen LogP contribution in [0.4, 0.5) is 0 Å². The Morgan fingerprint density at radius 1 is 0.500 bits per heavy atom. The Hall–Kier alpha value is 0.0499. The summed E-state index contributed by atoms with van der Waals surface area (Å²) in [6.45, 7) is 0. The Bertz CT molecular complexity index is 4.00. The summed E-state index contributed by atoms with van der Waals surface area (Å²) in [4.78, 5) is 0. The van der Waals surface area contributed by atoms with Crippen molar-refractivity contribution in [3.05, 3.63) is 0 Å². The number of hydrogen-bond donors (Lipinski definition) is 0. The van der Waals surface area contributed by atoms with Crippen molar-refractivity contribution in [3.63, 3.8) is 0 Å². The fraction of sp³-hybridized carbons (Fsp3) is 0. The van der Waals surface area contributed by atoms with Gasteiger partial charge in [0, 0.05) is 29.1 Å². The summed E-state index contributed by atoms with van der Waals surface area (Å²) in [6, 6.07) is 0. The van der Waals surface area contributed by atoms with E-state index in [-0.39, 0.29) is 29.1 Å². The first-order chi connectivity index (χ1) is 0. The monoisotopic (exact) mass is 50.0 g/mol. The number of nitrogens with zero attached hydrogens (tertiary/aromatic N) is 2. The summed E-state index contributed by atoms with van der Waals surface area (Å²) in [6.07, 6.45) is 0. The molecule has 2 nitrogen and oxygen atoms in total. The van der Waals surface area contributed by atoms with Crippen molar-refractivity contribution >= 4 is 16.8 Å². The lowest BCUT2D eigenvalue weighted by Gasteiger charge is -0.00100. The fourth-order valence-corrected chi connectivity index (χ4v) is 0. The summed E-state index contributed by atoms with van der Waals surface area (Å²) in [5, 5.41) is 0. The highest BCUT2D eigenvalue weighted by molar-refractivity contribution is 5.76. The normalized spacial score (nSPS) is 0.